The molecular formula is C34H46N4O7. The molecule has 1 saturated heterocycles. The van der Waals surface area contributed by atoms with Crippen LogP contribution >= 0.6 is 0 Å². The van der Waals surface area contributed by atoms with Gasteiger partial charge in [0.15, 0.2) is 17.3 Å². The monoisotopic (exact) mass is 622 g/mol. The number of anilines is 2. The Bertz CT molecular complexity index is 1560. The Morgan fingerprint density at radius 1 is 0.889 bits per heavy atom. The number of fused-ring (bicyclic) bond motifs is 2. The van der Waals surface area contributed by atoms with Crippen LogP contribution in [0.25, 0.3) is 10.8 Å². The predicted octanol–water partition coefficient (Wildman–Crippen LogP) is 5.26. The van der Waals surface area contributed by atoms with E-state index in [1.165, 1.54) is 0 Å². The average Bonchev–Trinajstić information content (AvgIpc) is 3.32. The fourth-order valence-electron chi connectivity index (χ4n) is 5.64. The molecule has 45 heavy (non-hydrogen) atoms. The Labute approximate surface area is 265 Å². The van der Waals surface area contributed by atoms with Gasteiger partial charge in [-0.2, -0.15) is 0 Å². The smallest absolute Gasteiger partial charge is 0.410 e. The van der Waals surface area contributed by atoms with Crippen molar-refractivity contribution in [1.29, 1.82) is 0 Å². The van der Waals surface area contributed by atoms with Crippen molar-refractivity contribution in [3.05, 3.63) is 41.6 Å². The number of carbonyl (C=O) groups excluding carboxylic acids is 2. The van der Waals surface area contributed by atoms with Gasteiger partial charge in [-0.05, 0) is 50.5 Å². The minimum absolute atomic E-state index is 0.0609. The molecule has 0 bridgehead atoms. The first-order valence-corrected chi connectivity index (χ1v) is 15.5. The molecule has 11 heteroatoms. The van der Waals surface area contributed by atoms with Crippen molar-refractivity contribution < 1.29 is 33.3 Å². The van der Waals surface area contributed by atoms with Crippen LogP contribution in [-0.2, 0) is 21.4 Å². The molecule has 1 fully saturated rings. The summed E-state index contributed by atoms with van der Waals surface area (Å²) in [4.78, 5) is 30.3. The van der Waals surface area contributed by atoms with Crippen LogP contribution in [0.15, 0.2) is 30.5 Å². The SMILES string of the molecule is COc1c(N2CCOCC2)cc(C(=O)Cn2cc3cc4c(cc3c2N)OCCN(C(=O)OC(C)(C)C)CCO4)cc1C(C)(C)C. The molecule has 0 aliphatic carbocycles. The summed E-state index contributed by atoms with van der Waals surface area (Å²) in [7, 11) is 1.68. The van der Waals surface area contributed by atoms with Gasteiger partial charge < -0.3 is 43.8 Å². The molecular weight excluding hydrogens is 576 g/mol. The Morgan fingerprint density at radius 2 is 1.53 bits per heavy atom. The number of ketones is 1. The Morgan fingerprint density at radius 3 is 2.13 bits per heavy atom. The van der Waals surface area contributed by atoms with Crippen LogP contribution in [0.4, 0.5) is 16.3 Å². The second-order valence-electron chi connectivity index (χ2n) is 13.5. The van der Waals surface area contributed by atoms with E-state index in [9.17, 15) is 9.59 Å². The number of carbonyl (C=O) groups is 2. The van der Waals surface area contributed by atoms with Crippen molar-refractivity contribution in [3.63, 3.8) is 0 Å². The highest BCUT2D eigenvalue weighted by molar-refractivity contribution is 6.00. The zero-order valence-electron chi connectivity index (χ0n) is 27.5. The number of nitrogens with zero attached hydrogens (tertiary/aromatic N) is 3. The number of amides is 1. The number of methoxy groups -OCH3 is 1. The van der Waals surface area contributed by atoms with Crippen molar-refractivity contribution >= 4 is 34.2 Å². The van der Waals surface area contributed by atoms with Crippen LogP contribution in [0, 0.1) is 0 Å². The van der Waals surface area contributed by atoms with Crippen LogP contribution in [-0.4, -0.2) is 86.7 Å². The minimum Gasteiger partial charge on any atom is -0.494 e. The highest BCUT2D eigenvalue weighted by atomic mass is 16.6. The summed E-state index contributed by atoms with van der Waals surface area (Å²) in [6.07, 6.45) is 1.46. The second-order valence-corrected chi connectivity index (χ2v) is 13.5. The maximum absolute atomic E-state index is 13.9. The molecule has 0 radical (unpaired) electrons. The van der Waals surface area contributed by atoms with Crippen LogP contribution in [0.3, 0.4) is 0 Å². The van der Waals surface area contributed by atoms with E-state index in [2.05, 4.69) is 25.7 Å². The summed E-state index contributed by atoms with van der Waals surface area (Å²) in [6, 6.07) is 7.58. The number of hydrogen-bond donors (Lipinski definition) is 1. The zero-order valence-corrected chi connectivity index (χ0v) is 27.5. The number of aromatic nitrogens is 1. The molecule has 1 amide bonds. The van der Waals surface area contributed by atoms with E-state index in [-0.39, 0.29) is 31.0 Å². The first-order chi connectivity index (χ1) is 21.2. The number of hydrogen-bond acceptors (Lipinski definition) is 9. The molecule has 1 aromatic heterocycles. The van der Waals surface area contributed by atoms with Crippen molar-refractivity contribution in [2.75, 3.05) is 70.3 Å². The molecule has 0 atom stereocenters. The molecule has 3 aromatic rings. The summed E-state index contributed by atoms with van der Waals surface area (Å²) in [5, 5.41) is 1.58. The number of Topliss-reactive ketones (excluding diaryl/α,β-unsaturated/α-hetero) is 1. The molecule has 11 nitrogen and oxygen atoms in total. The van der Waals surface area contributed by atoms with E-state index in [4.69, 9.17) is 29.4 Å². The molecule has 0 saturated carbocycles. The third-order valence-electron chi connectivity index (χ3n) is 7.95. The number of nitrogens with two attached hydrogens (primary N) is 1. The molecule has 2 N–H and O–H groups in total. The molecule has 3 heterocycles. The van der Waals surface area contributed by atoms with Crippen molar-refractivity contribution in [2.24, 2.45) is 0 Å². The average molecular weight is 623 g/mol. The number of morpholine rings is 1. The second kappa shape index (κ2) is 12.7. The van der Waals surface area contributed by atoms with Gasteiger partial charge in [0.1, 0.15) is 30.4 Å². The summed E-state index contributed by atoms with van der Waals surface area (Å²) in [5.74, 6) is 2.27. The molecule has 244 valence electrons. The van der Waals surface area contributed by atoms with Crippen LogP contribution in [0.1, 0.15) is 57.5 Å². The number of ether oxygens (including phenoxy) is 5. The summed E-state index contributed by atoms with van der Waals surface area (Å²) in [6.45, 7) is 15.9. The lowest BCUT2D eigenvalue weighted by atomic mass is 9.84. The summed E-state index contributed by atoms with van der Waals surface area (Å²) < 4.78 is 30.9. The van der Waals surface area contributed by atoms with Crippen molar-refractivity contribution in [2.45, 2.75) is 59.1 Å². The minimum atomic E-state index is -0.593. The third kappa shape index (κ3) is 7.24. The molecule has 0 spiro atoms. The van der Waals surface area contributed by atoms with Crippen LogP contribution in [0.2, 0.25) is 0 Å². The molecule has 2 aromatic carbocycles. The summed E-state index contributed by atoms with van der Waals surface area (Å²) in [5.41, 5.74) is 8.25. The fraction of sp³-hybridized carbons (Fsp3) is 0.529. The van der Waals surface area contributed by atoms with Gasteiger partial charge >= 0.3 is 6.09 Å². The van der Waals surface area contributed by atoms with E-state index in [0.29, 0.717) is 49.2 Å². The lowest BCUT2D eigenvalue weighted by Crippen LogP contribution is -2.40. The van der Waals surface area contributed by atoms with Gasteiger partial charge in [-0.3, -0.25) is 4.79 Å². The fourth-order valence-corrected chi connectivity index (χ4v) is 5.64. The largest absolute Gasteiger partial charge is 0.494 e. The van der Waals surface area contributed by atoms with Crippen LogP contribution in [0.5, 0.6) is 17.2 Å². The maximum atomic E-state index is 13.9. The van der Waals surface area contributed by atoms with Gasteiger partial charge in [0.25, 0.3) is 0 Å². The molecule has 2 aliphatic rings. The van der Waals surface area contributed by atoms with Gasteiger partial charge in [0.05, 0.1) is 45.6 Å². The van der Waals surface area contributed by atoms with E-state index < -0.39 is 11.7 Å². The zero-order chi connectivity index (χ0) is 32.5. The van der Waals surface area contributed by atoms with Gasteiger partial charge in [-0.25, -0.2) is 4.79 Å². The van der Waals surface area contributed by atoms with Crippen molar-refractivity contribution in [1.82, 2.24) is 9.47 Å². The van der Waals surface area contributed by atoms with Crippen LogP contribution < -0.4 is 24.8 Å². The standard InChI is InChI=1S/C34H46N4O7/c1-33(2,3)25-16-22(17-26(30(25)41-7)36-8-12-42-13-9-36)27(39)21-38-20-23-18-28-29(19-24(23)31(38)35)44-15-11-37(10-14-43-28)32(40)45-34(4,5)6/h16-20H,8-15,21,35H2,1-7H3. The number of benzene rings is 2. The van der Waals surface area contributed by atoms with Gasteiger partial charge in [0, 0.05) is 41.2 Å². The Kier molecular flexibility index (Phi) is 9.11. The highest BCUT2D eigenvalue weighted by Gasteiger charge is 2.28. The van der Waals surface area contributed by atoms with E-state index >= 15 is 0 Å². The Balaban J connectivity index is 1.40. The number of nitrogen functional groups attached to an aromatic ring is 1. The Hall–Kier alpha value is -4.12. The van der Waals surface area contributed by atoms with E-state index in [1.54, 1.807) is 16.6 Å². The topological polar surface area (TPSA) is 118 Å². The lowest BCUT2D eigenvalue weighted by Gasteiger charge is -2.33. The number of rotatable bonds is 5. The van der Waals surface area contributed by atoms with Gasteiger partial charge in [-0.1, -0.05) is 20.8 Å². The molecule has 5 rings (SSSR count). The van der Waals surface area contributed by atoms with E-state index in [1.807, 2.05) is 51.2 Å². The first kappa shape index (κ1) is 32.3. The quantitative estimate of drug-likeness (QED) is 0.381. The van der Waals surface area contributed by atoms with E-state index in [0.717, 1.165) is 40.9 Å². The molecule has 2 aliphatic heterocycles. The molecule has 0 unspecified atom stereocenters. The first-order valence-electron chi connectivity index (χ1n) is 15.5. The predicted molar refractivity (Wildman–Crippen MR) is 174 cm³/mol. The summed E-state index contributed by atoms with van der Waals surface area (Å²) >= 11 is 0. The van der Waals surface area contributed by atoms with Gasteiger partial charge in [0.2, 0.25) is 0 Å². The highest BCUT2D eigenvalue weighted by Crippen LogP contribution is 2.41. The normalized spacial score (nSPS) is 16.2. The lowest BCUT2D eigenvalue weighted by molar-refractivity contribution is 0.0213. The third-order valence-corrected chi connectivity index (χ3v) is 7.95. The van der Waals surface area contributed by atoms with Crippen molar-refractivity contribution in [3.8, 4) is 17.2 Å². The van der Waals surface area contributed by atoms with Gasteiger partial charge in [-0.15, -0.1) is 0 Å². The maximum Gasteiger partial charge on any atom is 0.410 e.